The van der Waals surface area contributed by atoms with Crippen LogP contribution < -0.4 is 10.7 Å². The average Bonchev–Trinajstić information content (AvgIpc) is 3.40. The number of carbonyl (C=O) groups excluding carboxylic acids is 1. The van der Waals surface area contributed by atoms with Gasteiger partial charge in [-0.1, -0.05) is 56.3 Å². The third-order valence-corrected chi connectivity index (χ3v) is 5.84. The minimum absolute atomic E-state index is 0.00688. The van der Waals surface area contributed by atoms with E-state index >= 15 is 0 Å². The summed E-state index contributed by atoms with van der Waals surface area (Å²) in [4.78, 5) is 33.8. The van der Waals surface area contributed by atoms with E-state index in [1.165, 1.54) is 6.07 Å². The van der Waals surface area contributed by atoms with Gasteiger partial charge in [-0.15, -0.1) is 0 Å². The minimum atomic E-state index is -0.313. The van der Waals surface area contributed by atoms with Crippen LogP contribution in [0.2, 0.25) is 0 Å². The molecule has 0 bridgehead atoms. The Morgan fingerprint density at radius 1 is 1.03 bits per heavy atom. The molecule has 0 unspecified atom stereocenters. The van der Waals surface area contributed by atoms with Crippen molar-refractivity contribution in [2.45, 2.75) is 33.2 Å². The average molecular weight is 456 g/mol. The lowest BCUT2D eigenvalue weighted by Crippen LogP contribution is -2.33. The Kier molecular flexibility index (Phi) is 5.53. The van der Waals surface area contributed by atoms with Crippen LogP contribution in [-0.4, -0.2) is 15.9 Å². The molecular formula is C27H25N3O4. The Hall–Kier alpha value is -4.13. The molecular weight excluding hydrogens is 430 g/mol. The first kappa shape index (κ1) is 21.7. The molecule has 1 amide bonds. The van der Waals surface area contributed by atoms with Crippen molar-refractivity contribution in [3.63, 3.8) is 0 Å². The Bertz CT molecular complexity index is 1510. The second kappa shape index (κ2) is 8.67. The summed E-state index contributed by atoms with van der Waals surface area (Å²) in [7, 11) is 0. The van der Waals surface area contributed by atoms with Crippen molar-refractivity contribution < 1.29 is 13.6 Å². The maximum absolute atomic E-state index is 13.3. The quantitative estimate of drug-likeness (QED) is 0.362. The molecule has 0 saturated heterocycles. The number of fused-ring (bicyclic) bond motifs is 2. The number of carbonyl (C=O) groups is 1. The third kappa shape index (κ3) is 4.01. The van der Waals surface area contributed by atoms with Crippen molar-refractivity contribution in [3.05, 3.63) is 88.0 Å². The molecule has 2 aromatic carbocycles. The molecule has 0 aliphatic rings. The van der Waals surface area contributed by atoms with E-state index in [4.69, 9.17) is 8.83 Å². The molecule has 0 radical (unpaired) electrons. The van der Waals surface area contributed by atoms with E-state index in [9.17, 15) is 9.59 Å². The first-order valence-corrected chi connectivity index (χ1v) is 11.3. The summed E-state index contributed by atoms with van der Waals surface area (Å²) in [6.07, 6.45) is -0.00688. The summed E-state index contributed by atoms with van der Waals surface area (Å²) in [5, 5.41) is 3.11. The largest absolute Gasteiger partial charge is 0.457 e. The van der Waals surface area contributed by atoms with Crippen LogP contribution in [0.5, 0.6) is 0 Å². The van der Waals surface area contributed by atoms with E-state index in [2.05, 4.69) is 15.3 Å². The number of H-pyrrole nitrogens is 1. The van der Waals surface area contributed by atoms with E-state index in [0.717, 1.165) is 16.6 Å². The van der Waals surface area contributed by atoms with E-state index in [0.29, 0.717) is 28.5 Å². The lowest BCUT2D eigenvalue weighted by molar-refractivity contribution is -0.121. The lowest BCUT2D eigenvalue weighted by Gasteiger charge is -2.20. The van der Waals surface area contributed by atoms with Crippen LogP contribution in [-0.2, 0) is 11.2 Å². The summed E-state index contributed by atoms with van der Waals surface area (Å²) in [5.74, 6) is 1.50. The number of rotatable bonds is 6. The second-order valence-electron chi connectivity index (χ2n) is 8.76. The zero-order chi connectivity index (χ0) is 23.8. The fourth-order valence-electron chi connectivity index (χ4n) is 4.20. The lowest BCUT2D eigenvalue weighted by atomic mass is 10.0. The topological polar surface area (TPSA) is 101 Å². The number of furan rings is 1. The number of hydrogen-bond donors (Lipinski definition) is 2. The van der Waals surface area contributed by atoms with Crippen LogP contribution in [0.25, 0.3) is 33.5 Å². The highest BCUT2D eigenvalue weighted by molar-refractivity contribution is 5.90. The summed E-state index contributed by atoms with van der Waals surface area (Å²) in [6, 6.07) is 18.2. The van der Waals surface area contributed by atoms with Gasteiger partial charge >= 0.3 is 0 Å². The van der Waals surface area contributed by atoms with Crippen molar-refractivity contribution in [2.24, 2.45) is 5.92 Å². The standard InChI is InChI=1S/C27H25N3O4/c1-15(2)23(27-28-19-11-7-8-12-20(19)29-27)30-22(32)14-18-24(17-9-5-4-6-10-17)34-26-21(31)13-16(3)33-25(18)26/h4-13,15,23H,14H2,1-3H3,(H,28,29)(H,30,32)/t23-/m0/s1. The molecule has 5 rings (SSSR count). The summed E-state index contributed by atoms with van der Waals surface area (Å²) < 4.78 is 11.8. The molecule has 0 aliphatic carbocycles. The summed E-state index contributed by atoms with van der Waals surface area (Å²) >= 11 is 0. The summed E-state index contributed by atoms with van der Waals surface area (Å²) in [6.45, 7) is 5.77. The molecule has 3 heterocycles. The number of aryl methyl sites for hydroxylation is 1. The third-order valence-electron chi connectivity index (χ3n) is 5.84. The second-order valence-corrected chi connectivity index (χ2v) is 8.76. The van der Waals surface area contributed by atoms with Gasteiger partial charge in [-0.25, -0.2) is 4.98 Å². The molecule has 0 spiro atoms. The number of nitrogens with one attached hydrogen (secondary N) is 2. The number of amides is 1. The monoisotopic (exact) mass is 455 g/mol. The van der Waals surface area contributed by atoms with Crippen molar-refractivity contribution >= 4 is 28.1 Å². The van der Waals surface area contributed by atoms with Gasteiger partial charge in [0.05, 0.1) is 29.1 Å². The number of para-hydroxylation sites is 2. The van der Waals surface area contributed by atoms with Crippen molar-refractivity contribution in [1.82, 2.24) is 15.3 Å². The van der Waals surface area contributed by atoms with Gasteiger partial charge < -0.3 is 19.1 Å². The van der Waals surface area contributed by atoms with Crippen LogP contribution >= 0.6 is 0 Å². The van der Waals surface area contributed by atoms with Crippen molar-refractivity contribution in [2.75, 3.05) is 0 Å². The van der Waals surface area contributed by atoms with Gasteiger partial charge in [0.1, 0.15) is 17.3 Å². The molecule has 7 heteroatoms. The van der Waals surface area contributed by atoms with Crippen LogP contribution in [0.1, 0.15) is 37.0 Å². The maximum atomic E-state index is 13.3. The smallest absolute Gasteiger partial charge is 0.228 e. The molecule has 0 saturated carbocycles. The Balaban J connectivity index is 1.51. The first-order valence-electron chi connectivity index (χ1n) is 11.3. The maximum Gasteiger partial charge on any atom is 0.228 e. The van der Waals surface area contributed by atoms with Gasteiger partial charge in [0, 0.05) is 11.6 Å². The number of hydrogen-bond acceptors (Lipinski definition) is 5. The fourth-order valence-corrected chi connectivity index (χ4v) is 4.20. The highest BCUT2D eigenvalue weighted by Crippen LogP contribution is 2.33. The molecule has 2 N–H and O–H groups in total. The Morgan fingerprint density at radius 2 is 1.76 bits per heavy atom. The minimum Gasteiger partial charge on any atom is -0.457 e. The molecule has 5 aromatic rings. The van der Waals surface area contributed by atoms with Gasteiger partial charge in [-0.2, -0.15) is 0 Å². The number of aromatic amines is 1. The van der Waals surface area contributed by atoms with Crippen molar-refractivity contribution in [1.29, 1.82) is 0 Å². The van der Waals surface area contributed by atoms with Crippen LogP contribution in [0.3, 0.4) is 0 Å². The molecule has 0 aliphatic heterocycles. The zero-order valence-corrected chi connectivity index (χ0v) is 19.2. The van der Waals surface area contributed by atoms with Gasteiger partial charge in [-0.05, 0) is 25.0 Å². The van der Waals surface area contributed by atoms with E-state index in [-0.39, 0.29) is 35.3 Å². The molecule has 172 valence electrons. The zero-order valence-electron chi connectivity index (χ0n) is 19.2. The van der Waals surface area contributed by atoms with E-state index < -0.39 is 0 Å². The number of aromatic nitrogens is 2. The predicted molar refractivity (Wildman–Crippen MR) is 130 cm³/mol. The van der Waals surface area contributed by atoms with Crippen LogP contribution in [0.15, 0.2) is 74.3 Å². The molecule has 0 fully saturated rings. The highest BCUT2D eigenvalue weighted by Gasteiger charge is 2.26. The molecule has 3 aromatic heterocycles. The SMILES string of the molecule is Cc1cc(=O)c2oc(-c3ccccc3)c(CC(=O)N[C@H](c3nc4ccccc4[nH]3)C(C)C)c2o1. The van der Waals surface area contributed by atoms with E-state index in [1.807, 2.05) is 68.4 Å². The Morgan fingerprint density at radius 3 is 2.50 bits per heavy atom. The van der Waals surface area contributed by atoms with Gasteiger partial charge in [0.25, 0.3) is 0 Å². The van der Waals surface area contributed by atoms with Crippen LogP contribution in [0.4, 0.5) is 0 Å². The van der Waals surface area contributed by atoms with Gasteiger partial charge in [-0.3, -0.25) is 9.59 Å². The molecule has 1 atom stereocenters. The predicted octanol–water partition coefficient (Wildman–Crippen LogP) is 5.29. The highest BCUT2D eigenvalue weighted by atomic mass is 16.4. The normalized spacial score (nSPS) is 12.5. The fraction of sp³-hybridized carbons (Fsp3) is 0.222. The number of nitrogens with zero attached hydrogens (tertiary/aromatic N) is 1. The molecule has 34 heavy (non-hydrogen) atoms. The number of imidazole rings is 1. The van der Waals surface area contributed by atoms with E-state index in [1.54, 1.807) is 6.92 Å². The first-order chi connectivity index (χ1) is 16.4. The number of benzene rings is 2. The van der Waals surface area contributed by atoms with Crippen LogP contribution in [0, 0.1) is 12.8 Å². The molecule has 7 nitrogen and oxygen atoms in total. The van der Waals surface area contributed by atoms with Gasteiger partial charge in [0.15, 0.2) is 5.58 Å². The van der Waals surface area contributed by atoms with Crippen molar-refractivity contribution in [3.8, 4) is 11.3 Å². The Labute approximate surface area is 195 Å². The summed E-state index contributed by atoms with van der Waals surface area (Å²) in [5.41, 5.74) is 3.24. The van der Waals surface area contributed by atoms with Gasteiger partial charge in [0.2, 0.25) is 16.9 Å².